The zero-order valence-corrected chi connectivity index (χ0v) is 13.9. The van der Waals surface area contributed by atoms with Crippen molar-refractivity contribution in [3.63, 3.8) is 0 Å². The molecule has 130 valence electrons. The minimum atomic E-state index is -0.378. The van der Waals surface area contributed by atoms with Gasteiger partial charge in [0.1, 0.15) is 0 Å². The molecular weight excluding hydrogens is 324 g/mol. The maximum Gasteiger partial charge on any atom is 0.170 e. The van der Waals surface area contributed by atoms with Gasteiger partial charge in [0.25, 0.3) is 0 Å². The van der Waals surface area contributed by atoms with Crippen LogP contribution in [0.1, 0.15) is 22.3 Å². The molecule has 2 aromatic rings. The second-order valence-electron chi connectivity index (χ2n) is 5.22. The van der Waals surface area contributed by atoms with E-state index in [2.05, 4.69) is 0 Å². The van der Waals surface area contributed by atoms with Crippen molar-refractivity contribution in [1.29, 1.82) is 0 Å². The van der Waals surface area contributed by atoms with Crippen molar-refractivity contribution in [1.82, 2.24) is 0 Å². The number of carbonyl (C=O) groups excluding carboxylic acids is 2. The number of Topliss-reactive ketones (excluding diaryl/α,β-unsaturated/α-hetero) is 1. The summed E-state index contributed by atoms with van der Waals surface area (Å²) in [6.07, 6.45) is 2.52. The number of aromatic hydroxyl groups is 2. The second kappa shape index (κ2) is 8.01. The molecule has 0 fully saturated rings. The van der Waals surface area contributed by atoms with E-state index in [1.807, 2.05) is 0 Å². The zero-order valence-electron chi connectivity index (χ0n) is 13.9. The van der Waals surface area contributed by atoms with Crippen molar-refractivity contribution in [2.24, 2.45) is 0 Å². The number of allylic oxidation sites excluding steroid dienone is 1. The fourth-order valence-corrected chi connectivity index (χ4v) is 2.16. The van der Waals surface area contributed by atoms with Gasteiger partial charge >= 0.3 is 0 Å². The highest BCUT2D eigenvalue weighted by Crippen LogP contribution is 2.27. The minimum absolute atomic E-state index is 0.00225. The van der Waals surface area contributed by atoms with Crippen LogP contribution in [0.25, 0.3) is 6.08 Å². The first kappa shape index (κ1) is 18.1. The van der Waals surface area contributed by atoms with Crippen molar-refractivity contribution >= 4 is 17.6 Å². The summed E-state index contributed by atoms with van der Waals surface area (Å²) >= 11 is 0. The molecule has 0 spiro atoms. The predicted molar refractivity (Wildman–Crippen MR) is 92.3 cm³/mol. The molecule has 0 aliphatic rings. The molecule has 2 rings (SSSR count). The van der Waals surface area contributed by atoms with Gasteiger partial charge in [-0.05, 0) is 42.0 Å². The molecular formula is C19H18O6. The highest BCUT2D eigenvalue weighted by molar-refractivity contribution is 6.12. The minimum Gasteiger partial charge on any atom is -0.504 e. The Morgan fingerprint density at radius 2 is 1.56 bits per heavy atom. The molecule has 0 bridgehead atoms. The van der Waals surface area contributed by atoms with Crippen molar-refractivity contribution in [3.8, 4) is 23.0 Å². The molecule has 25 heavy (non-hydrogen) atoms. The summed E-state index contributed by atoms with van der Waals surface area (Å²) in [4.78, 5) is 24.1. The van der Waals surface area contributed by atoms with E-state index in [9.17, 15) is 19.8 Å². The average molecular weight is 342 g/mol. The Kier molecular flexibility index (Phi) is 5.79. The van der Waals surface area contributed by atoms with Crippen LogP contribution in [0.15, 0.2) is 42.5 Å². The first-order valence-electron chi connectivity index (χ1n) is 7.42. The Balaban J connectivity index is 2.05. The van der Waals surface area contributed by atoms with Gasteiger partial charge in [0.05, 0.1) is 20.6 Å². The molecule has 0 radical (unpaired) electrons. The molecule has 0 aliphatic carbocycles. The second-order valence-corrected chi connectivity index (χ2v) is 5.22. The van der Waals surface area contributed by atoms with E-state index in [4.69, 9.17) is 9.47 Å². The van der Waals surface area contributed by atoms with Gasteiger partial charge in [-0.3, -0.25) is 9.59 Å². The van der Waals surface area contributed by atoms with Crippen LogP contribution in [0, 0.1) is 0 Å². The van der Waals surface area contributed by atoms with E-state index in [0.717, 1.165) is 0 Å². The Hall–Kier alpha value is -3.28. The summed E-state index contributed by atoms with van der Waals surface area (Å²) in [5, 5.41) is 19.1. The van der Waals surface area contributed by atoms with Crippen LogP contribution >= 0.6 is 0 Å². The number of rotatable bonds is 7. The lowest BCUT2D eigenvalue weighted by molar-refractivity contribution is -0.113. The first-order valence-corrected chi connectivity index (χ1v) is 7.42. The molecule has 2 aromatic carbocycles. The van der Waals surface area contributed by atoms with Crippen LogP contribution in [-0.2, 0) is 4.79 Å². The maximum atomic E-state index is 12.1. The number of methoxy groups -OCH3 is 2. The monoisotopic (exact) mass is 342 g/mol. The normalized spacial score (nSPS) is 10.6. The number of hydrogen-bond donors (Lipinski definition) is 2. The quantitative estimate of drug-likeness (QED) is 0.456. The summed E-state index contributed by atoms with van der Waals surface area (Å²) in [6, 6.07) is 8.81. The average Bonchev–Trinajstić information content (AvgIpc) is 2.61. The maximum absolute atomic E-state index is 12.1. The number of phenols is 2. The van der Waals surface area contributed by atoms with Gasteiger partial charge in [-0.2, -0.15) is 0 Å². The lowest BCUT2D eigenvalue weighted by Crippen LogP contribution is -2.06. The number of phenolic OH excluding ortho intramolecular Hbond substituents is 2. The summed E-state index contributed by atoms with van der Waals surface area (Å²) < 4.78 is 9.94. The SMILES string of the molecule is COc1cc(C=CC(=O)CC(=O)c2ccc(O)c(OC)c2)ccc1O. The largest absolute Gasteiger partial charge is 0.504 e. The van der Waals surface area contributed by atoms with Crippen LogP contribution in [-0.4, -0.2) is 36.0 Å². The van der Waals surface area contributed by atoms with Crippen molar-refractivity contribution in [2.45, 2.75) is 6.42 Å². The van der Waals surface area contributed by atoms with Gasteiger partial charge in [0.15, 0.2) is 34.6 Å². The Morgan fingerprint density at radius 3 is 2.20 bits per heavy atom. The van der Waals surface area contributed by atoms with Gasteiger partial charge in [-0.15, -0.1) is 0 Å². The summed E-state index contributed by atoms with van der Waals surface area (Å²) in [5.74, 6) is -0.360. The van der Waals surface area contributed by atoms with Gasteiger partial charge in [-0.1, -0.05) is 12.1 Å². The van der Waals surface area contributed by atoms with Crippen molar-refractivity contribution in [2.75, 3.05) is 14.2 Å². The molecule has 0 amide bonds. The topological polar surface area (TPSA) is 93.1 Å². The molecule has 0 unspecified atom stereocenters. The molecule has 6 heteroatoms. The van der Waals surface area contributed by atoms with Crippen LogP contribution in [0.2, 0.25) is 0 Å². The van der Waals surface area contributed by atoms with Gasteiger partial charge < -0.3 is 19.7 Å². The lowest BCUT2D eigenvalue weighted by Gasteiger charge is -2.05. The highest BCUT2D eigenvalue weighted by Gasteiger charge is 2.12. The van der Waals surface area contributed by atoms with Gasteiger partial charge in [0.2, 0.25) is 0 Å². The molecule has 0 atom stereocenters. The molecule has 0 aromatic heterocycles. The van der Waals surface area contributed by atoms with Crippen molar-refractivity contribution < 1.29 is 29.3 Å². The fourth-order valence-electron chi connectivity index (χ4n) is 2.16. The molecule has 0 heterocycles. The Morgan fingerprint density at radius 1 is 0.960 bits per heavy atom. The first-order chi connectivity index (χ1) is 11.9. The predicted octanol–water partition coefficient (Wildman–Crippen LogP) is 2.97. The Bertz CT molecular complexity index is 823. The Labute approximate surface area is 144 Å². The molecule has 2 N–H and O–H groups in total. The number of ketones is 2. The summed E-state index contributed by atoms with van der Waals surface area (Å²) in [7, 11) is 2.81. The third-order valence-electron chi connectivity index (χ3n) is 3.50. The van der Waals surface area contributed by atoms with E-state index in [1.165, 1.54) is 50.6 Å². The van der Waals surface area contributed by atoms with Crippen molar-refractivity contribution in [3.05, 3.63) is 53.6 Å². The van der Waals surface area contributed by atoms with E-state index in [-0.39, 0.29) is 40.8 Å². The molecule has 0 saturated carbocycles. The van der Waals surface area contributed by atoms with E-state index >= 15 is 0 Å². The third kappa shape index (κ3) is 4.60. The lowest BCUT2D eigenvalue weighted by atomic mass is 10.0. The van der Waals surface area contributed by atoms with Crippen LogP contribution in [0.4, 0.5) is 0 Å². The zero-order chi connectivity index (χ0) is 18.4. The molecule has 0 aliphatic heterocycles. The van der Waals surface area contributed by atoms with Gasteiger partial charge in [-0.25, -0.2) is 0 Å². The summed E-state index contributed by atoms with van der Waals surface area (Å²) in [5.41, 5.74) is 0.935. The van der Waals surface area contributed by atoms with E-state index < -0.39 is 0 Å². The molecule has 6 nitrogen and oxygen atoms in total. The third-order valence-corrected chi connectivity index (χ3v) is 3.50. The fraction of sp³-hybridized carbons (Fsp3) is 0.158. The van der Waals surface area contributed by atoms with Crippen LogP contribution < -0.4 is 9.47 Å². The van der Waals surface area contributed by atoms with E-state index in [0.29, 0.717) is 11.3 Å². The van der Waals surface area contributed by atoms with Crippen LogP contribution in [0.5, 0.6) is 23.0 Å². The smallest absolute Gasteiger partial charge is 0.170 e. The highest BCUT2D eigenvalue weighted by atomic mass is 16.5. The number of ether oxygens (including phenoxy) is 2. The standard InChI is InChI=1S/C19H18O6/c1-24-18-9-12(4-7-15(18)21)3-6-14(20)11-17(23)13-5-8-16(22)19(10-13)25-2/h3-10,21-22H,11H2,1-2H3. The number of benzene rings is 2. The van der Waals surface area contributed by atoms with Crippen LogP contribution in [0.3, 0.4) is 0 Å². The number of carbonyl (C=O) groups is 2. The molecule has 0 saturated heterocycles. The number of hydrogen-bond acceptors (Lipinski definition) is 6. The van der Waals surface area contributed by atoms with Gasteiger partial charge in [0, 0.05) is 5.56 Å². The van der Waals surface area contributed by atoms with E-state index in [1.54, 1.807) is 12.1 Å². The summed E-state index contributed by atoms with van der Waals surface area (Å²) in [6.45, 7) is 0.